The molecular weight excluding hydrogens is 193 g/mol. The third kappa shape index (κ3) is 32.1. The van der Waals surface area contributed by atoms with Gasteiger partial charge in [-0.3, -0.25) is 9.35 Å². The Balaban J connectivity index is -0.000000126. The number of carbonyl (C=O) groups excluding carboxylic acids is 1. The molecule has 7 heteroatoms. The number of hydrogen-bond acceptors (Lipinski definition) is 3. The summed E-state index contributed by atoms with van der Waals surface area (Å²) in [4.78, 5) is 9.47. The number of primary amides is 1. The van der Waals surface area contributed by atoms with E-state index in [9.17, 15) is 13.2 Å². The Bertz CT molecular complexity index is 224. The van der Waals surface area contributed by atoms with Gasteiger partial charge < -0.3 is 5.73 Å². The molecule has 0 aliphatic carbocycles. The average Bonchev–Trinajstić information content (AvgIpc) is 1.88. The quantitative estimate of drug-likeness (QED) is 0.348. The van der Waals surface area contributed by atoms with Crippen LogP contribution in [0.25, 0.3) is 0 Å². The first-order valence-corrected chi connectivity index (χ1v) is 4.31. The van der Waals surface area contributed by atoms with E-state index in [1.165, 1.54) is 6.92 Å². The summed E-state index contributed by atoms with van der Waals surface area (Å²) in [6.45, 7) is 4.46. The minimum Gasteiger partial charge on any atom is -0.366 e. The predicted octanol–water partition coefficient (Wildman–Crippen LogP) is -0.829. The minimum atomic E-state index is -3.66. The second-order valence-corrected chi connectivity index (χ2v) is 3.22. The van der Waals surface area contributed by atoms with Crippen LogP contribution in [0.1, 0.15) is 6.92 Å². The van der Waals surface area contributed by atoms with E-state index in [-0.39, 0.29) is 35.3 Å². The summed E-state index contributed by atoms with van der Waals surface area (Å²) in [5.74, 6) is -0.683. The van der Waals surface area contributed by atoms with Gasteiger partial charge in [-0.1, -0.05) is 6.58 Å². The fraction of sp³-hybridized carbons (Fsp3) is 0.400. The molecule has 0 atom stereocenters. The Labute approximate surface area is 94.1 Å². The molecule has 0 fully saturated rings. The van der Waals surface area contributed by atoms with E-state index in [0.29, 0.717) is 0 Å². The van der Waals surface area contributed by atoms with Crippen molar-refractivity contribution in [1.29, 1.82) is 0 Å². The summed E-state index contributed by atoms with van der Waals surface area (Å²) < 4.78 is 26.9. The summed E-state index contributed by atoms with van der Waals surface area (Å²) in [6.07, 6.45) is 1.06. The molecule has 0 rings (SSSR count). The second-order valence-electron chi connectivity index (χ2n) is 1.48. The van der Waals surface area contributed by atoms with Crippen molar-refractivity contribution >= 4 is 45.6 Å². The molecule has 12 heavy (non-hydrogen) atoms. The second kappa shape index (κ2) is 9.21. The molecule has 0 aromatic rings. The zero-order chi connectivity index (χ0) is 9.49. The van der Waals surface area contributed by atoms with Crippen molar-refractivity contribution in [2.45, 2.75) is 6.92 Å². The molecule has 1 amide bonds. The minimum absolute atomic E-state index is 0. The molecule has 0 aromatic carbocycles. The molecule has 3 N–H and O–H groups in total. The summed E-state index contributed by atoms with van der Waals surface area (Å²) in [6, 6.07) is 0. The molecule has 5 nitrogen and oxygen atoms in total. The van der Waals surface area contributed by atoms with Gasteiger partial charge in [-0.2, -0.15) is 8.42 Å². The van der Waals surface area contributed by atoms with Crippen molar-refractivity contribution < 1.29 is 17.8 Å². The Hall–Kier alpha value is 0.120. The van der Waals surface area contributed by atoms with Gasteiger partial charge in [-0.25, -0.2) is 0 Å². The number of amides is 1. The molecule has 0 aliphatic rings. The van der Waals surface area contributed by atoms with Crippen molar-refractivity contribution in [3.8, 4) is 0 Å². The molecule has 67 valence electrons. The van der Waals surface area contributed by atoms with E-state index in [1.54, 1.807) is 0 Å². The van der Waals surface area contributed by atoms with Crippen LogP contribution in [0.5, 0.6) is 0 Å². The molecule has 0 aromatic heterocycles. The van der Waals surface area contributed by atoms with Gasteiger partial charge >= 0.3 is 0 Å². The summed E-state index contributed by atoms with van der Waals surface area (Å²) >= 11 is 0. The first-order chi connectivity index (χ1) is 4.83. The van der Waals surface area contributed by atoms with Gasteiger partial charge in [-0.05, 0) is 13.0 Å². The van der Waals surface area contributed by atoms with Crippen LogP contribution in [0.4, 0.5) is 0 Å². The Morgan fingerprint density at radius 2 is 1.83 bits per heavy atom. The van der Waals surface area contributed by atoms with Gasteiger partial charge in [-0.15, -0.1) is 0 Å². The maximum Gasteiger partial charge on any atom is 0.264 e. The van der Waals surface area contributed by atoms with Gasteiger partial charge in [0.25, 0.3) is 10.1 Å². The summed E-state index contributed by atoms with van der Waals surface area (Å²) in [7, 11) is -3.66. The van der Waals surface area contributed by atoms with Crippen molar-refractivity contribution in [2.24, 2.45) is 5.73 Å². The molecule has 0 saturated heterocycles. The number of nitrogens with two attached hydrogens (primary N) is 1. The first-order valence-electron chi connectivity index (χ1n) is 2.70. The maximum absolute atomic E-state index is 9.56. The van der Waals surface area contributed by atoms with Gasteiger partial charge in [0, 0.05) is 29.6 Å². The molecule has 0 unspecified atom stereocenters. The summed E-state index contributed by atoms with van der Waals surface area (Å²) in [5.41, 5.74) is 4.53. The average molecular weight is 204 g/mol. The van der Waals surface area contributed by atoms with Crippen LogP contribution in [-0.2, 0) is 14.9 Å². The smallest absolute Gasteiger partial charge is 0.264 e. The predicted molar refractivity (Wildman–Crippen MR) is 47.2 cm³/mol. The molecule has 1 radical (unpaired) electrons. The Kier molecular flexibility index (Phi) is 13.8. The largest absolute Gasteiger partial charge is 0.366 e. The van der Waals surface area contributed by atoms with E-state index in [0.717, 1.165) is 6.08 Å². The monoisotopic (exact) mass is 204 g/mol. The molecule has 0 heterocycles. The normalized spacial score (nSPS) is 8.50. The van der Waals surface area contributed by atoms with E-state index >= 15 is 0 Å². The SMILES string of the molecule is C=CC(N)=O.CCS(=O)(=O)O.[Na]. The van der Waals surface area contributed by atoms with Crippen LogP contribution in [0.3, 0.4) is 0 Å². The fourth-order valence-corrected chi connectivity index (χ4v) is 0. The van der Waals surface area contributed by atoms with E-state index in [2.05, 4.69) is 12.3 Å². The molecule has 0 spiro atoms. The number of carbonyl (C=O) groups is 1. The maximum atomic E-state index is 9.56. The number of hydrogen-bond donors (Lipinski definition) is 2. The first kappa shape index (κ1) is 18.0. The van der Waals surface area contributed by atoms with Crippen molar-refractivity contribution in [2.75, 3.05) is 5.75 Å². The molecule has 0 bridgehead atoms. The fourth-order valence-electron chi connectivity index (χ4n) is 0. The van der Waals surface area contributed by atoms with Crippen LogP contribution in [0.2, 0.25) is 0 Å². The van der Waals surface area contributed by atoms with Gasteiger partial charge in [0.15, 0.2) is 0 Å². The van der Waals surface area contributed by atoms with E-state index < -0.39 is 16.0 Å². The number of rotatable bonds is 2. The van der Waals surface area contributed by atoms with Gasteiger partial charge in [0.2, 0.25) is 5.91 Å². The molecule has 0 saturated carbocycles. The zero-order valence-corrected chi connectivity index (χ0v) is 9.97. The van der Waals surface area contributed by atoms with Gasteiger partial charge in [0.1, 0.15) is 0 Å². The molecular formula is C5H11NNaO4S. The van der Waals surface area contributed by atoms with E-state index in [1.807, 2.05) is 0 Å². The summed E-state index contributed by atoms with van der Waals surface area (Å²) in [5, 5.41) is 0. The van der Waals surface area contributed by atoms with Crippen molar-refractivity contribution in [3.05, 3.63) is 12.7 Å². The zero-order valence-electron chi connectivity index (χ0n) is 7.15. The van der Waals surface area contributed by atoms with Crippen LogP contribution in [0, 0.1) is 0 Å². The third-order valence-electron chi connectivity index (χ3n) is 0.566. The van der Waals surface area contributed by atoms with Crippen LogP contribution in [-0.4, -0.2) is 54.2 Å². The third-order valence-corrected chi connectivity index (χ3v) is 1.30. The Morgan fingerprint density at radius 1 is 1.67 bits per heavy atom. The standard InChI is InChI=1S/C3H5NO.C2H6O3S.Na/c1-2-3(4)5;1-2-6(3,4)5;/h2H,1H2,(H2,4,5);2H2,1H3,(H,3,4,5);. The van der Waals surface area contributed by atoms with Crippen LogP contribution >= 0.6 is 0 Å². The van der Waals surface area contributed by atoms with E-state index in [4.69, 9.17) is 4.55 Å². The topological polar surface area (TPSA) is 97.5 Å². The Morgan fingerprint density at radius 3 is 1.83 bits per heavy atom. The van der Waals surface area contributed by atoms with Gasteiger partial charge in [0.05, 0.1) is 5.75 Å². The van der Waals surface area contributed by atoms with Crippen molar-refractivity contribution in [3.63, 3.8) is 0 Å². The van der Waals surface area contributed by atoms with Crippen molar-refractivity contribution in [1.82, 2.24) is 0 Å². The van der Waals surface area contributed by atoms with Crippen LogP contribution < -0.4 is 5.73 Å². The molecule has 0 aliphatic heterocycles. The van der Waals surface area contributed by atoms with Crippen LogP contribution in [0.15, 0.2) is 12.7 Å².